The van der Waals surface area contributed by atoms with Crippen LogP contribution in [0.25, 0.3) is 0 Å². The van der Waals surface area contributed by atoms with Crippen LogP contribution in [0.5, 0.6) is 0 Å². The zero-order valence-corrected chi connectivity index (χ0v) is 13.4. The number of carbonyl (C=O) groups is 2. The lowest BCUT2D eigenvalue weighted by atomic mass is 9.91. The topological polar surface area (TPSA) is 69.6 Å². The number of rotatable bonds is 4. The number of urea groups is 1. The first kappa shape index (κ1) is 17.0. The van der Waals surface area contributed by atoms with Crippen LogP contribution in [0.4, 0.5) is 13.6 Å². The molecule has 3 amide bonds. The first-order valence-electron chi connectivity index (χ1n) is 7.65. The Hall–Kier alpha value is -2.80. The number of hydrogen-bond acceptors (Lipinski definition) is 3. The molecule has 0 saturated carbocycles. The fraction of sp³-hybridized carbons (Fsp3) is 0.222. The van der Waals surface area contributed by atoms with Crippen molar-refractivity contribution in [3.8, 4) is 0 Å². The highest BCUT2D eigenvalue weighted by molar-refractivity contribution is 6.07. The number of β-amino-alcohol motifs (C(OH)–C–C–N with tert-alkyl or cyclic N) is 1. The summed E-state index contributed by atoms with van der Waals surface area (Å²) in [6.07, 6.45) is -1.26. The molecular formula is C18H16F2N2O3. The number of benzene rings is 2. The smallest absolute Gasteiger partial charge is 0.325 e. The highest BCUT2D eigenvalue weighted by Crippen LogP contribution is 2.31. The third kappa shape index (κ3) is 2.98. The van der Waals surface area contributed by atoms with Crippen LogP contribution in [0.3, 0.4) is 0 Å². The number of carbonyl (C=O) groups excluding carboxylic acids is 2. The Labute approximate surface area is 142 Å². The summed E-state index contributed by atoms with van der Waals surface area (Å²) < 4.78 is 27.3. The van der Waals surface area contributed by atoms with Crippen LogP contribution in [0, 0.1) is 11.6 Å². The van der Waals surface area contributed by atoms with Crippen LogP contribution < -0.4 is 5.32 Å². The minimum atomic E-state index is -1.57. The summed E-state index contributed by atoms with van der Waals surface area (Å²) >= 11 is 0. The van der Waals surface area contributed by atoms with Gasteiger partial charge in [-0.2, -0.15) is 0 Å². The third-order valence-electron chi connectivity index (χ3n) is 4.28. The average molecular weight is 346 g/mol. The average Bonchev–Trinajstić information content (AvgIpc) is 2.79. The number of nitrogens with zero attached hydrogens (tertiary/aromatic N) is 1. The quantitative estimate of drug-likeness (QED) is 0.836. The van der Waals surface area contributed by atoms with Gasteiger partial charge in [-0.25, -0.2) is 13.6 Å². The molecule has 0 aliphatic carbocycles. The lowest BCUT2D eigenvalue weighted by molar-refractivity contribution is -0.132. The first-order chi connectivity index (χ1) is 11.8. The normalized spacial score (nSPS) is 21.4. The highest BCUT2D eigenvalue weighted by Gasteiger charge is 2.50. The van der Waals surface area contributed by atoms with Crippen LogP contribution >= 0.6 is 0 Å². The van der Waals surface area contributed by atoms with Crippen molar-refractivity contribution in [2.24, 2.45) is 0 Å². The summed E-state index contributed by atoms with van der Waals surface area (Å²) in [5.74, 6) is -1.84. The van der Waals surface area contributed by atoms with E-state index in [4.69, 9.17) is 0 Å². The first-order valence-corrected chi connectivity index (χ1v) is 7.65. The lowest BCUT2D eigenvalue weighted by Gasteiger charge is -2.23. The van der Waals surface area contributed by atoms with Gasteiger partial charge in [-0.3, -0.25) is 9.69 Å². The Morgan fingerprint density at radius 3 is 2.56 bits per heavy atom. The maximum atomic E-state index is 14.1. The fourth-order valence-electron chi connectivity index (χ4n) is 2.90. The van der Waals surface area contributed by atoms with Gasteiger partial charge in [0.15, 0.2) is 0 Å². The van der Waals surface area contributed by atoms with E-state index in [0.717, 1.165) is 11.0 Å². The number of nitrogens with one attached hydrogen (secondary N) is 1. The number of imide groups is 1. The summed E-state index contributed by atoms with van der Waals surface area (Å²) in [5, 5.41) is 12.7. The number of aliphatic hydroxyl groups excluding tert-OH is 1. The van der Waals surface area contributed by atoms with Gasteiger partial charge in [0.1, 0.15) is 17.2 Å². The van der Waals surface area contributed by atoms with Gasteiger partial charge in [0.2, 0.25) is 0 Å². The van der Waals surface area contributed by atoms with Crippen molar-refractivity contribution in [3.63, 3.8) is 0 Å². The van der Waals surface area contributed by atoms with E-state index in [2.05, 4.69) is 5.32 Å². The van der Waals surface area contributed by atoms with Crippen molar-refractivity contribution in [2.45, 2.75) is 18.6 Å². The Balaban J connectivity index is 1.86. The summed E-state index contributed by atoms with van der Waals surface area (Å²) in [5.41, 5.74) is -1.29. The second kappa shape index (κ2) is 6.25. The molecular weight excluding hydrogens is 330 g/mol. The molecule has 0 aromatic heterocycles. The standard InChI is InChI=1S/C18H16F2N2O3/c1-18(13-7-2-3-8-14(13)20)16(24)22(17(25)21-18)10-15(23)11-5-4-6-12(19)9-11/h2-9,15,23H,10H2,1H3,(H,21,25)/t15-,18+/m0/s1. The van der Waals surface area contributed by atoms with E-state index in [1.54, 1.807) is 6.07 Å². The SMILES string of the molecule is C[C@]1(c2ccccc2F)NC(=O)N(C[C@H](O)c2cccc(F)c2)C1=O. The van der Waals surface area contributed by atoms with Crippen LogP contribution in [0.2, 0.25) is 0 Å². The Morgan fingerprint density at radius 2 is 1.88 bits per heavy atom. The van der Waals surface area contributed by atoms with Crippen LogP contribution in [0.15, 0.2) is 48.5 Å². The molecule has 1 heterocycles. The Kier molecular flexibility index (Phi) is 4.26. The zero-order valence-electron chi connectivity index (χ0n) is 13.4. The molecule has 1 aliphatic rings. The maximum Gasteiger partial charge on any atom is 0.325 e. The Morgan fingerprint density at radius 1 is 1.16 bits per heavy atom. The highest BCUT2D eigenvalue weighted by atomic mass is 19.1. The summed E-state index contributed by atoms with van der Waals surface area (Å²) in [7, 11) is 0. The molecule has 130 valence electrons. The van der Waals surface area contributed by atoms with Gasteiger partial charge in [0, 0.05) is 5.56 Å². The van der Waals surface area contributed by atoms with Gasteiger partial charge in [-0.15, -0.1) is 0 Å². The lowest BCUT2D eigenvalue weighted by Crippen LogP contribution is -2.42. The summed E-state index contributed by atoms with van der Waals surface area (Å²) in [4.78, 5) is 25.7. The third-order valence-corrected chi connectivity index (χ3v) is 4.28. The number of amides is 3. The van der Waals surface area contributed by atoms with Crippen molar-refractivity contribution in [3.05, 3.63) is 71.3 Å². The second-order valence-corrected chi connectivity index (χ2v) is 6.02. The molecule has 3 rings (SSSR count). The molecule has 5 nitrogen and oxygen atoms in total. The molecule has 0 bridgehead atoms. The van der Waals surface area contributed by atoms with E-state index in [-0.39, 0.29) is 17.7 Å². The molecule has 25 heavy (non-hydrogen) atoms. The molecule has 2 aromatic rings. The largest absolute Gasteiger partial charge is 0.387 e. The van der Waals surface area contributed by atoms with Crippen molar-refractivity contribution in [2.75, 3.05) is 6.54 Å². The molecule has 2 N–H and O–H groups in total. The minimum absolute atomic E-state index is 0.0381. The minimum Gasteiger partial charge on any atom is -0.387 e. The van der Waals surface area contributed by atoms with Gasteiger partial charge in [-0.1, -0.05) is 30.3 Å². The number of halogens is 2. The van der Waals surface area contributed by atoms with Gasteiger partial charge in [0.25, 0.3) is 5.91 Å². The molecule has 1 aliphatic heterocycles. The predicted octanol–water partition coefficient (Wildman–Crippen LogP) is 2.47. The molecule has 1 fully saturated rings. The van der Waals surface area contributed by atoms with E-state index < -0.39 is 35.2 Å². The van der Waals surface area contributed by atoms with Gasteiger partial charge in [-0.05, 0) is 30.7 Å². The molecule has 2 atom stereocenters. The monoisotopic (exact) mass is 346 g/mol. The van der Waals surface area contributed by atoms with Gasteiger partial charge in [0.05, 0.1) is 12.6 Å². The fourth-order valence-corrected chi connectivity index (χ4v) is 2.90. The second-order valence-electron chi connectivity index (χ2n) is 6.02. The van der Waals surface area contributed by atoms with E-state index in [1.807, 2.05) is 0 Å². The number of aliphatic hydroxyl groups is 1. The Bertz CT molecular complexity index is 843. The van der Waals surface area contributed by atoms with E-state index in [0.29, 0.717) is 0 Å². The van der Waals surface area contributed by atoms with E-state index in [9.17, 15) is 23.5 Å². The summed E-state index contributed by atoms with van der Waals surface area (Å²) in [6, 6.07) is 10.2. The maximum absolute atomic E-state index is 14.1. The van der Waals surface area contributed by atoms with Crippen molar-refractivity contribution < 1.29 is 23.5 Å². The van der Waals surface area contributed by atoms with Crippen LogP contribution in [-0.2, 0) is 10.3 Å². The summed E-state index contributed by atoms with van der Waals surface area (Å²) in [6.45, 7) is 1.04. The molecule has 1 saturated heterocycles. The zero-order chi connectivity index (χ0) is 18.2. The van der Waals surface area contributed by atoms with Gasteiger partial charge < -0.3 is 10.4 Å². The van der Waals surface area contributed by atoms with E-state index >= 15 is 0 Å². The molecule has 2 aromatic carbocycles. The van der Waals surface area contributed by atoms with E-state index in [1.165, 1.54) is 43.3 Å². The van der Waals surface area contributed by atoms with Crippen LogP contribution in [0.1, 0.15) is 24.2 Å². The molecule has 0 spiro atoms. The van der Waals surface area contributed by atoms with Crippen molar-refractivity contribution >= 4 is 11.9 Å². The van der Waals surface area contributed by atoms with Crippen molar-refractivity contribution in [1.29, 1.82) is 0 Å². The van der Waals surface area contributed by atoms with Crippen LogP contribution in [-0.4, -0.2) is 28.5 Å². The predicted molar refractivity (Wildman–Crippen MR) is 85.4 cm³/mol. The molecule has 0 radical (unpaired) electrons. The molecule has 0 unspecified atom stereocenters. The van der Waals surface area contributed by atoms with Crippen molar-refractivity contribution in [1.82, 2.24) is 10.2 Å². The molecule has 7 heteroatoms. The van der Waals surface area contributed by atoms with Gasteiger partial charge >= 0.3 is 6.03 Å². The number of hydrogen-bond donors (Lipinski definition) is 2.